The third kappa shape index (κ3) is 1.30. The number of pyridine rings is 2. The summed E-state index contributed by atoms with van der Waals surface area (Å²) in [5.41, 5.74) is 1.64. The van der Waals surface area contributed by atoms with Gasteiger partial charge in [0.15, 0.2) is 0 Å². The summed E-state index contributed by atoms with van der Waals surface area (Å²) in [7, 11) is 0. The first kappa shape index (κ1) is 7.95. The molecule has 0 saturated carbocycles. The van der Waals surface area contributed by atoms with Gasteiger partial charge in [0.25, 0.3) is 0 Å². The molecule has 2 nitrogen and oxygen atoms in total. The van der Waals surface area contributed by atoms with Crippen molar-refractivity contribution in [2.45, 2.75) is 0 Å². The second-order valence-corrected chi connectivity index (χ2v) is 3.60. The second-order valence-electron chi connectivity index (χ2n) is 2.31. The van der Waals surface area contributed by atoms with Crippen LogP contribution in [-0.4, -0.2) is 9.97 Å². The van der Waals surface area contributed by atoms with Gasteiger partial charge in [-0.05, 0) is 28.1 Å². The normalized spacial score (nSPS) is 10.5. The summed E-state index contributed by atoms with van der Waals surface area (Å²) in [5, 5.41) is 0.605. The Hall–Kier alpha value is -0.670. The van der Waals surface area contributed by atoms with Gasteiger partial charge in [-0.1, -0.05) is 11.6 Å². The number of hydrogen-bond acceptors (Lipinski definition) is 2. The molecule has 0 fully saturated rings. The molecule has 4 heteroatoms. The Bertz CT molecular complexity index is 430. The number of rotatable bonds is 0. The van der Waals surface area contributed by atoms with E-state index < -0.39 is 0 Å². The molecule has 60 valence electrons. The van der Waals surface area contributed by atoms with Gasteiger partial charge in [0, 0.05) is 16.9 Å². The van der Waals surface area contributed by atoms with E-state index in [1.807, 2.05) is 6.07 Å². The molecule has 0 spiro atoms. The highest BCUT2D eigenvalue weighted by atomic mass is 79.9. The van der Waals surface area contributed by atoms with Crippen molar-refractivity contribution in [1.29, 1.82) is 0 Å². The predicted octanol–water partition coefficient (Wildman–Crippen LogP) is 3.05. The molecule has 0 aliphatic carbocycles. The van der Waals surface area contributed by atoms with Crippen molar-refractivity contribution < 1.29 is 0 Å². The maximum atomic E-state index is 5.75. The van der Waals surface area contributed by atoms with E-state index in [4.69, 9.17) is 11.6 Å². The smallest absolute Gasteiger partial charge is 0.103 e. The maximum absolute atomic E-state index is 5.75. The highest BCUT2D eigenvalue weighted by Crippen LogP contribution is 2.21. The van der Waals surface area contributed by atoms with Gasteiger partial charge in [-0.2, -0.15) is 0 Å². The summed E-state index contributed by atoms with van der Waals surface area (Å²) in [5.74, 6) is 0. The van der Waals surface area contributed by atoms with E-state index in [1.165, 1.54) is 0 Å². The highest BCUT2D eigenvalue weighted by Gasteiger charge is 2.00. The van der Waals surface area contributed by atoms with Crippen molar-refractivity contribution >= 4 is 38.6 Å². The zero-order valence-electron chi connectivity index (χ0n) is 5.96. The molecule has 2 aromatic heterocycles. The van der Waals surface area contributed by atoms with Crippen molar-refractivity contribution in [3.05, 3.63) is 34.0 Å². The molecule has 0 aromatic carbocycles. The maximum Gasteiger partial charge on any atom is 0.103 e. The largest absolute Gasteiger partial charge is 0.254 e. The molecule has 0 unspecified atom stereocenters. The Morgan fingerprint density at radius 2 is 2.17 bits per heavy atom. The molecule has 0 radical (unpaired) electrons. The molecule has 0 bridgehead atoms. The van der Waals surface area contributed by atoms with Crippen LogP contribution in [0.3, 0.4) is 0 Å². The van der Waals surface area contributed by atoms with Crippen LogP contribution >= 0.6 is 27.5 Å². The lowest BCUT2D eigenvalue weighted by atomic mass is 10.3. The van der Waals surface area contributed by atoms with Gasteiger partial charge in [-0.3, -0.25) is 9.97 Å². The van der Waals surface area contributed by atoms with Crippen LogP contribution in [0.4, 0.5) is 0 Å². The van der Waals surface area contributed by atoms with E-state index in [1.54, 1.807) is 18.5 Å². The fourth-order valence-corrected chi connectivity index (χ4v) is 1.55. The summed E-state index contributed by atoms with van der Waals surface area (Å²) >= 11 is 9.13. The summed E-state index contributed by atoms with van der Waals surface area (Å²) in [4.78, 5) is 8.26. The monoisotopic (exact) mass is 242 g/mol. The van der Waals surface area contributed by atoms with E-state index in [0.29, 0.717) is 5.02 Å². The van der Waals surface area contributed by atoms with Crippen LogP contribution in [0, 0.1) is 0 Å². The van der Waals surface area contributed by atoms with Crippen molar-refractivity contribution in [3.63, 3.8) is 0 Å². The van der Waals surface area contributed by atoms with Crippen LogP contribution in [0.25, 0.3) is 11.0 Å². The summed E-state index contributed by atoms with van der Waals surface area (Å²) < 4.78 is 0.934. The van der Waals surface area contributed by atoms with Crippen LogP contribution in [0.2, 0.25) is 5.02 Å². The molecular weight excluding hydrogens is 239 g/mol. The molecule has 12 heavy (non-hydrogen) atoms. The molecule has 2 heterocycles. The molecule has 2 rings (SSSR count). The number of halogens is 2. The Morgan fingerprint density at radius 1 is 1.33 bits per heavy atom. The second kappa shape index (κ2) is 2.99. The van der Waals surface area contributed by atoms with Crippen LogP contribution in [-0.2, 0) is 0 Å². The van der Waals surface area contributed by atoms with Gasteiger partial charge in [-0.15, -0.1) is 0 Å². The van der Waals surface area contributed by atoms with Gasteiger partial charge in [0.2, 0.25) is 0 Å². The number of hydrogen-bond donors (Lipinski definition) is 0. The minimum absolute atomic E-state index is 0.605. The third-order valence-corrected chi connectivity index (χ3v) is 2.34. The van der Waals surface area contributed by atoms with E-state index in [9.17, 15) is 0 Å². The average Bonchev–Trinajstić information content (AvgIpc) is 2.04. The van der Waals surface area contributed by atoms with Crippen molar-refractivity contribution in [3.8, 4) is 0 Å². The van der Waals surface area contributed by atoms with Crippen LogP contribution in [0.15, 0.2) is 29.0 Å². The molecule has 0 atom stereocenters. The lowest BCUT2D eigenvalue weighted by Gasteiger charge is -1.97. The topological polar surface area (TPSA) is 25.8 Å². The molecule has 0 N–H and O–H groups in total. The van der Waals surface area contributed by atoms with Crippen molar-refractivity contribution in [2.24, 2.45) is 0 Å². The Labute approximate surface area is 82.7 Å². The predicted molar refractivity (Wildman–Crippen MR) is 52.2 cm³/mol. The summed E-state index contributed by atoms with van der Waals surface area (Å²) in [6.45, 7) is 0. The van der Waals surface area contributed by atoms with E-state index in [-0.39, 0.29) is 0 Å². The van der Waals surface area contributed by atoms with Crippen LogP contribution < -0.4 is 0 Å². The van der Waals surface area contributed by atoms with Gasteiger partial charge >= 0.3 is 0 Å². The lowest BCUT2D eigenvalue weighted by molar-refractivity contribution is 1.32. The Morgan fingerprint density at radius 3 is 3.00 bits per heavy atom. The molecule has 2 aromatic rings. The van der Waals surface area contributed by atoms with E-state index >= 15 is 0 Å². The first-order chi connectivity index (χ1) is 5.77. The zero-order chi connectivity index (χ0) is 8.55. The van der Waals surface area contributed by atoms with Crippen molar-refractivity contribution in [1.82, 2.24) is 9.97 Å². The first-order valence-corrected chi connectivity index (χ1v) is 4.50. The molecular formula is C8H4BrClN2. The average molecular weight is 243 g/mol. The molecule has 0 aliphatic rings. The first-order valence-electron chi connectivity index (χ1n) is 3.33. The summed E-state index contributed by atoms with van der Waals surface area (Å²) in [6, 6.07) is 3.64. The zero-order valence-corrected chi connectivity index (χ0v) is 8.30. The minimum Gasteiger partial charge on any atom is -0.254 e. The fraction of sp³-hybridized carbons (Fsp3) is 0. The SMILES string of the molecule is Clc1cnc2c(Br)ccnc2c1. The standard InChI is InChI=1S/C8H4BrClN2/c9-6-1-2-11-7-3-5(10)4-12-8(6)7/h1-4H. The van der Waals surface area contributed by atoms with Crippen LogP contribution in [0.1, 0.15) is 0 Å². The Balaban J connectivity index is 2.86. The third-order valence-electron chi connectivity index (χ3n) is 1.49. The lowest BCUT2D eigenvalue weighted by Crippen LogP contribution is -1.82. The van der Waals surface area contributed by atoms with Gasteiger partial charge in [0.05, 0.1) is 10.5 Å². The quantitative estimate of drug-likeness (QED) is 0.711. The van der Waals surface area contributed by atoms with Gasteiger partial charge in [0.1, 0.15) is 5.52 Å². The van der Waals surface area contributed by atoms with Crippen LogP contribution in [0.5, 0.6) is 0 Å². The molecule has 0 saturated heterocycles. The fourth-order valence-electron chi connectivity index (χ4n) is 0.973. The number of nitrogens with zero attached hydrogens (tertiary/aromatic N) is 2. The molecule has 0 aliphatic heterocycles. The van der Waals surface area contributed by atoms with Crippen molar-refractivity contribution in [2.75, 3.05) is 0 Å². The van der Waals surface area contributed by atoms with Gasteiger partial charge in [-0.25, -0.2) is 0 Å². The van der Waals surface area contributed by atoms with E-state index in [0.717, 1.165) is 15.5 Å². The van der Waals surface area contributed by atoms with Gasteiger partial charge < -0.3 is 0 Å². The van der Waals surface area contributed by atoms with E-state index in [2.05, 4.69) is 25.9 Å². The molecule has 0 amide bonds. The highest BCUT2D eigenvalue weighted by molar-refractivity contribution is 9.10. The number of fused-ring (bicyclic) bond motifs is 1. The Kier molecular flexibility index (Phi) is 1.98. The number of aromatic nitrogens is 2. The minimum atomic E-state index is 0.605. The summed E-state index contributed by atoms with van der Waals surface area (Å²) in [6.07, 6.45) is 3.32.